The van der Waals surface area contributed by atoms with E-state index >= 15 is 0 Å². The van der Waals surface area contributed by atoms with Gasteiger partial charge in [-0.25, -0.2) is 5.43 Å². The lowest BCUT2D eigenvalue weighted by Crippen LogP contribution is -2.16. The van der Waals surface area contributed by atoms with Gasteiger partial charge in [0.15, 0.2) is 11.5 Å². The van der Waals surface area contributed by atoms with Gasteiger partial charge in [0, 0.05) is 15.6 Å². The molecule has 3 aromatic rings. The van der Waals surface area contributed by atoms with E-state index in [0.29, 0.717) is 38.5 Å². The number of halogens is 1. The molecule has 9 heteroatoms. The third kappa shape index (κ3) is 4.08. The number of rotatable bonds is 7. The van der Waals surface area contributed by atoms with E-state index in [9.17, 15) is 4.79 Å². The molecule has 1 aromatic heterocycles. The van der Waals surface area contributed by atoms with Crippen LogP contribution in [0.4, 0.5) is 0 Å². The lowest BCUT2D eigenvalue weighted by molar-refractivity contribution is 0.0959. The number of nitrogens with zero attached hydrogens (tertiary/aromatic N) is 1. The van der Waals surface area contributed by atoms with Crippen LogP contribution >= 0.6 is 22.9 Å². The van der Waals surface area contributed by atoms with Gasteiger partial charge in [-0.2, -0.15) is 5.10 Å². The first kappa shape index (κ1) is 20.8. The van der Waals surface area contributed by atoms with Gasteiger partial charge in [0.1, 0.15) is 10.6 Å². The van der Waals surface area contributed by atoms with Crippen molar-refractivity contribution in [2.45, 2.75) is 0 Å². The summed E-state index contributed by atoms with van der Waals surface area (Å²) in [6.07, 6.45) is 1.46. The summed E-state index contributed by atoms with van der Waals surface area (Å²) in [5, 5.41) is 5.19. The number of methoxy groups -OCH3 is 4. The number of hydrazone groups is 1. The highest BCUT2D eigenvalue weighted by Gasteiger charge is 2.18. The van der Waals surface area contributed by atoms with Crippen molar-refractivity contribution in [2.75, 3.05) is 28.4 Å². The Morgan fingerprint density at radius 2 is 1.79 bits per heavy atom. The fraction of sp³-hybridized carbons (Fsp3) is 0.200. The maximum atomic E-state index is 12.6. The van der Waals surface area contributed by atoms with E-state index in [1.54, 1.807) is 25.3 Å². The van der Waals surface area contributed by atoms with E-state index in [0.717, 1.165) is 10.1 Å². The lowest BCUT2D eigenvalue weighted by Gasteiger charge is -2.13. The number of hydrogen-bond acceptors (Lipinski definition) is 7. The number of thiophene rings is 1. The van der Waals surface area contributed by atoms with Crippen LogP contribution in [0, 0.1) is 0 Å². The summed E-state index contributed by atoms with van der Waals surface area (Å²) in [7, 11) is 6.15. The van der Waals surface area contributed by atoms with Gasteiger partial charge in [-0.1, -0.05) is 11.6 Å². The Morgan fingerprint density at radius 3 is 2.45 bits per heavy atom. The highest BCUT2D eigenvalue weighted by atomic mass is 35.5. The quantitative estimate of drug-likeness (QED) is 0.441. The van der Waals surface area contributed by atoms with Crippen LogP contribution in [0.5, 0.6) is 23.0 Å². The van der Waals surface area contributed by atoms with Crippen LogP contribution in [0.1, 0.15) is 15.2 Å². The molecule has 1 heterocycles. The molecule has 0 saturated carbocycles. The van der Waals surface area contributed by atoms with Crippen molar-refractivity contribution in [3.05, 3.63) is 45.8 Å². The molecule has 0 bridgehead atoms. The molecule has 29 heavy (non-hydrogen) atoms. The molecule has 0 fully saturated rings. The lowest BCUT2D eigenvalue weighted by atomic mass is 10.2. The highest BCUT2D eigenvalue weighted by molar-refractivity contribution is 7.21. The fourth-order valence-corrected chi connectivity index (χ4v) is 4.19. The van der Waals surface area contributed by atoms with Crippen molar-refractivity contribution in [3.8, 4) is 23.0 Å². The molecular formula is C20H19ClN2O5S. The van der Waals surface area contributed by atoms with Gasteiger partial charge >= 0.3 is 0 Å². The summed E-state index contributed by atoms with van der Waals surface area (Å²) in [6, 6.07) is 8.92. The zero-order valence-electron chi connectivity index (χ0n) is 16.2. The molecule has 0 aliphatic rings. The minimum atomic E-state index is -0.411. The zero-order chi connectivity index (χ0) is 21.0. The number of hydrogen-bond donors (Lipinski definition) is 1. The average Bonchev–Trinajstić information content (AvgIpc) is 3.08. The molecule has 0 radical (unpaired) electrons. The normalized spacial score (nSPS) is 10.9. The van der Waals surface area contributed by atoms with E-state index in [-0.39, 0.29) is 0 Å². The van der Waals surface area contributed by atoms with Gasteiger partial charge in [-0.15, -0.1) is 11.3 Å². The Kier molecular flexibility index (Phi) is 6.46. The van der Waals surface area contributed by atoms with Gasteiger partial charge in [0.05, 0.1) is 39.7 Å². The fourth-order valence-electron chi connectivity index (χ4n) is 2.76. The molecule has 152 valence electrons. The largest absolute Gasteiger partial charge is 0.497 e. The van der Waals surface area contributed by atoms with Gasteiger partial charge in [0.25, 0.3) is 5.91 Å². The Hall–Kier alpha value is -2.97. The number of carbonyl (C=O) groups excluding carboxylic acids is 1. The van der Waals surface area contributed by atoms with Gasteiger partial charge < -0.3 is 18.9 Å². The van der Waals surface area contributed by atoms with Gasteiger partial charge in [-0.3, -0.25) is 4.79 Å². The summed E-state index contributed by atoms with van der Waals surface area (Å²) in [4.78, 5) is 12.9. The predicted molar refractivity (Wildman–Crippen MR) is 115 cm³/mol. The molecule has 0 aliphatic carbocycles. The Morgan fingerprint density at radius 1 is 1.03 bits per heavy atom. The third-order valence-corrected chi connectivity index (χ3v) is 5.80. The predicted octanol–water partition coefficient (Wildman–Crippen LogP) is 4.35. The second-order valence-electron chi connectivity index (χ2n) is 5.73. The number of amides is 1. The van der Waals surface area contributed by atoms with Crippen LogP contribution in [-0.2, 0) is 0 Å². The smallest absolute Gasteiger partial charge is 0.283 e. The molecule has 2 aromatic carbocycles. The number of carbonyl (C=O) groups is 1. The molecule has 0 atom stereocenters. The van der Waals surface area contributed by atoms with Crippen molar-refractivity contribution >= 4 is 45.1 Å². The molecule has 7 nitrogen and oxygen atoms in total. The van der Waals surface area contributed by atoms with E-state index in [2.05, 4.69) is 10.5 Å². The molecule has 1 N–H and O–H groups in total. The summed E-state index contributed by atoms with van der Waals surface area (Å²) in [5.41, 5.74) is 3.10. The Balaban J connectivity index is 1.83. The molecule has 0 unspecified atom stereocenters. The molecule has 1 amide bonds. The third-order valence-electron chi connectivity index (χ3n) is 4.15. The number of nitrogens with one attached hydrogen (secondary N) is 1. The van der Waals surface area contributed by atoms with Crippen LogP contribution in [0.3, 0.4) is 0 Å². The van der Waals surface area contributed by atoms with Crippen LogP contribution in [-0.4, -0.2) is 40.6 Å². The van der Waals surface area contributed by atoms with Crippen molar-refractivity contribution in [1.82, 2.24) is 5.43 Å². The topological polar surface area (TPSA) is 78.4 Å². The molecule has 0 saturated heterocycles. The van der Waals surface area contributed by atoms with Crippen molar-refractivity contribution in [3.63, 3.8) is 0 Å². The maximum absolute atomic E-state index is 12.6. The first-order chi connectivity index (χ1) is 14.0. The minimum Gasteiger partial charge on any atom is -0.497 e. The van der Waals surface area contributed by atoms with Crippen molar-refractivity contribution < 1.29 is 23.7 Å². The second-order valence-corrected chi connectivity index (χ2v) is 7.16. The first-order valence-corrected chi connectivity index (χ1v) is 9.61. The Labute approximate surface area is 176 Å². The minimum absolute atomic E-state index is 0.367. The molecule has 3 rings (SSSR count). The Bertz CT molecular complexity index is 1080. The average molecular weight is 435 g/mol. The first-order valence-electron chi connectivity index (χ1n) is 8.42. The van der Waals surface area contributed by atoms with Crippen LogP contribution < -0.4 is 24.4 Å². The highest BCUT2D eigenvalue weighted by Crippen LogP contribution is 2.39. The molecule has 0 aliphatic heterocycles. The summed E-state index contributed by atoms with van der Waals surface area (Å²) in [5.74, 6) is 1.69. The van der Waals surface area contributed by atoms with Crippen molar-refractivity contribution in [2.24, 2.45) is 5.10 Å². The summed E-state index contributed by atoms with van der Waals surface area (Å²) in [6.45, 7) is 0. The SMILES string of the molecule is COc1ccc2c(Cl)c(C(=O)N/N=C\c3ccc(OC)c(OC)c3OC)sc2c1. The number of ether oxygens (including phenoxy) is 4. The van der Waals surface area contributed by atoms with Crippen LogP contribution in [0.15, 0.2) is 35.4 Å². The van der Waals surface area contributed by atoms with Gasteiger partial charge in [-0.05, 0) is 30.3 Å². The van der Waals surface area contributed by atoms with Crippen LogP contribution in [0.2, 0.25) is 5.02 Å². The van der Waals surface area contributed by atoms with E-state index in [4.69, 9.17) is 30.5 Å². The van der Waals surface area contributed by atoms with E-state index in [1.807, 2.05) is 12.1 Å². The van der Waals surface area contributed by atoms with Crippen LogP contribution in [0.25, 0.3) is 10.1 Å². The van der Waals surface area contributed by atoms with Gasteiger partial charge in [0.2, 0.25) is 5.75 Å². The van der Waals surface area contributed by atoms with Crippen molar-refractivity contribution in [1.29, 1.82) is 0 Å². The zero-order valence-corrected chi connectivity index (χ0v) is 17.8. The summed E-state index contributed by atoms with van der Waals surface area (Å²) >= 11 is 7.64. The molecule has 0 spiro atoms. The second kappa shape index (κ2) is 9.02. The number of fused-ring (bicyclic) bond motifs is 1. The van der Waals surface area contributed by atoms with E-state index < -0.39 is 5.91 Å². The monoisotopic (exact) mass is 434 g/mol. The molecular weight excluding hydrogens is 416 g/mol. The number of benzene rings is 2. The standard InChI is InChI=1S/C20H19ClN2O5S/c1-25-12-6-7-13-15(9-12)29-19(16(13)21)20(24)23-22-10-11-5-8-14(26-2)18(28-4)17(11)27-3/h5-10H,1-4H3,(H,23,24)/b22-10-. The summed E-state index contributed by atoms with van der Waals surface area (Å²) < 4.78 is 22.0. The maximum Gasteiger partial charge on any atom is 0.283 e. The van der Waals surface area contributed by atoms with E-state index in [1.165, 1.54) is 38.9 Å².